The molecule has 2 aliphatic rings. The van der Waals surface area contributed by atoms with Gasteiger partial charge in [0.25, 0.3) is 0 Å². The number of fused-ring (bicyclic) bond motifs is 1. The lowest BCUT2D eigenvalue weighted by Gasteiger charge is -2.31. The summed E-state index contributed by atoms with van der Waals surface area (Å²) in [4.78, 5) is 0. The first-order valence-electron chi connectivity index (χ1n) is 6.72. The maximum absolute atomic E-state index is 10.4. The summed E-state index contributed by atoms with van der Waals surface area (Å²) in [6, 6.07) is 8.30. The topological polar surface area (TPSA) is 29.5 Å². The van der Waals surface area contributed by atoms with Crippen molar-refractivity contribution in [3.05, 3.63) is 35.4 Å². The maximum atomic E-state index is 10.4. The highest BCUT2D eigenvalue weighted by Crippen LogP contribution is 2.38. The molecule has 2 heteroatoms. The summed E-state index contributed by atoms with van der Waals surface area (Å²) in [6.45, 7) is 0.907. The average molecular weight is 232 g/mol. The Kier molecular flexibility index (Phi) is 3.17. The first kappa shape index (κ1) is 11.2. The summed E-state index contributed by atoms with van der Waals surface area (Å²) in [5.74, 6) is 0.382. The quantitative estimate of drug-likeness (QED) is 0.849. The van der Waals surface area contributed by atoms with Gasteiger partial charge in [0.2, 0.25) is 0 Å². The molecule has 0 radical (unpaired) electrons. The van der Waals surface area contributed by atoms with Gasteiger partial charge in [-0.1, -0.05) is 24.3 Å². The van der Waals surface area contributed by atoms with Crippen LogP contribution in [-0.2, 0) is 11.2 Å². The molecule has 1 N–H and O–H groups in total. The molecule has 1 fully saturated rings. The van der Waals surface area contributed by atoms with Crippen LogP contribution in [0.15, 0.2) is 24.3 Å². The van der Waals surface area contributed by atoms with E-state index >= 15 is 0 Å². The summed E-state index contributed by atoms with van der Waals surface area (Å²) >= 11 is 0. The number of benzene rings is 1. The molecule has 1 aliphatic carbocycles. The molecule has 3 atom stereocenters. The summed E-state index contributed by atoms with van der Waals surface area (Å²) in [7, 11) is 0. The zero-order chi connectivity index (χ0) is 11.7. The van der Waals surface area contributed by atoms with Gasteiger partial charge in [-0.25, -0.2) is 0 Å². The normalized spacial score (nSPS) is 32.4. The van der Waals surface area contributed by atoms with Gasteiger partial charge in [-0.3, -0.25) is 0 Å². The van der Waals surface area contributed by atoms with Gasteiger partial charge in [-0.15, -0.1) is 0 Å². The van der Waals surface area contributed by atoms with Crippen molar-refractivity contribution in [2.75, 3.05) is 6.61 Å². The predicted molar refractivity (Wildman–Crippen MR) is 66.8 cm³/mol. The van der Waals surface area contributed by atoms with Crippen molar-refractivity contribution in [3.63, 3.8) is 0 Å². The molecule has 3 rings (SSSR count). The van der Waals surface area contributed by atoms with E-state index in [0.717, 1.165) is 31.4 Å². The second-order valence-corrected chi connectivity index (χ2v) is 5.31. The smallest absolute Gasteiger partial charge is 0.0821 e. The van der Waals surface area contributed by atoms with Gasteiger partial charge in [0.15, 0.2) is 0 Å². The fraction of sp³-hybridized carbons (Fsp3) is 0.600. The second kappa shape index (κ2) is 4.79. The van der Waals surface area contributed by atoms with Crippen molar-refractivity contribution < 1.29 is 9.84 Å². The number of hydrogen-bond acceptors (Lipinski definition) is 2. The first-order chi connectivity index (χ1) is 8.34. The Balaban J connectivity index is 1.72. The highest BCUT2D eigenvalue weighted by Gasteiger charge is 2.30. The lowest BCUT2D eigenvalue weighted by molar-refractivity contribution is 0.0350. The van der Waals surface area contributed by atoms with E-state index in [0.29, 0.717) is 12.0 Å². The summed E-state index contributed by atoms with van der Waals surface area (Å²) in [5, 5.41) is 10.4. The Hall–Kier alpha value is -0.860. The van der Waals surface area contributed by atoms with Crippen LogP contribution in [0, 0.1) is 5.92 Å². The van der Waals surface area contributed by atoms with E-state index in [1.165, 1.54) is 18.4 Å². The van der Waals surface area contributed by atoms with E-state index in [1.54, 1.807) is 0 Å². The number of ether oxygens (including phenoxy) is 1. The molecule has 1 saturated heterocycles. The molecule has 0 bridgehead atoms. The van der Waals surface area contributed by atoms with E-state index in [1.807, 2.05) is 6.07 Å². The average Bonchev–Trinajstić information content (AvgIpc) is 2.86. The standard InChI is InChI=1S/C15H20O2/c16-15-12(10-13-5-3-9-17-13)8-7-11-4-1-2-6-14(11)15/h1-2,4,6,12-13,15-16H,3,5,7-10H2. The van der Waals surface area contributed by atoms with Crippen LogP contribution in [0.4, 0.5) is 0 Å². The van der Waals surface area contributed by atoms with Gasteiger partial charge in [0.1, 0.15) is 0 Å². The largest absolute Gasteiger partial charge is 0.388 e. The van der Waals surface area contributed by atoms with Crippen LogP contribution in [-0.4, -0.2) is 17.8 Å². The van der Waals surface area contributed by atoms with Crippen molar-refractivity contribution in [2.24, 2.45) is 5.92 Å². The minimum atomic E-state index is -0.288. The highest BCUT2D eigenvalue weighted by atomic mass is 16.5. The van der Waals surface area contributed by atoms with Gasteiger partial charge in [0.05, 0.1) is 12.2 Å². The third-order valence-electron chi connectivity index (χ3n) is 4.19. The molecule has 0 aromatic heterocycles. The fourth-order valence-electron chi connectivity index (χ4n) is 3.22. The van der Waals surface area contributed by atoms with Gasteiger partial charge < -0.3 is 9.84 Å². The third kappa shape index (κ3) is 2.24. The van der Waals surface area contributed by atoms with Gasteiger partial charge in [-0.05, 0) is 49.1 Å². The molecular weight excluding hydrogens is 212 g/mol. The minimum absolute atomic E-state index is 0.288. The SMILES string of the molecule is OC1c2ccccc2CCC1CC1CCCO1. The molecule has 0 saturated carbocycles. The van der Waals surface area contributed by atoms with E-state index in [4.69, 9.17) is 4.74 Å². The number of aliphatic hydroxyl groups excluding tert-OH is 1. The van der Waals surface area contributed by atoms with Gasteiger partial charge >= 0.3 is 0 Å². The predicted octanol–water partition coefficient (Wildman–Crippen LogP) is 2.85. The molecule has 92 valence electrons. The monoisotopic (exact) mass is 232 g/mol. The molecule has 1 aromatic carbocycles. The molecule has 0 amide bonds. The lowest BCUT2D eigenvalue weighted by atomic mass is 9.78. The van der Waals surface area contributed by atoms with E-state index in [-0.39, 0.29) is 6.10 Å². The fourth-order valence-corrected chi connectivity index (χ4v) is 3.22. The van der Waals surface area contributed by atoms with E-state index in [2.05, 4.69) is 18.2 Å². The van der Waals surface area contributed by atoms with Crippen LogP contribution >= 0.6 is 0 Å². The Morgan fingerprint density at radius 1 is 1.24 bits per heavy atom. The second-order valence-electron chi connectivity index (χ2n) is 5.31. The van der Waals surface area contributed by atoms with Gasteiger partial charge in [0, 0.05) is 6.61 Å². The number of aliphatic hydroxyl groups is 1. The highest BCUT2D eigenvalue weighted by molar-refractivity contribution is 5.31. The van der Waals surface area contributed by atoms with Crippen molar-refractivity contribution in [1.29, 1.82) is 0 Å². The zero-order valence-corrected chi connectivity index (χ0v) is 10.1. The molecule has 1 heterocycles. The first-order valence-corrected chi connectivity index (χ1v) is 6.72. The van der Waals surface area contributed by atoms with Crippen molar-refractivity contribution >= 4 is 0 Å². The Labute approximate surface area is 103 Å². The lowest BCUT2D eigenvalue weighted by Crippen LogP contribution is -2.24. The third-order valence-corrected chi connectivity index (χ3v) is 4.19. The van der Waals surface area contributed by atoms with Crippen LogP contribution in [0.1, 0.15) is 42.9 Å². The van der Waals surface area contributed by atoms with E-state index in [9.17, 15) is 5.11 Å². The van der Waals surface area contributed by atoms with E-state index < -0.39 is 0 Å². The van der Waals surface area contributed by atoms with Crippen molar-refractivity contribution in [3.8, 4) is 0 Å². The summed E-state index contributed by atoms with van der Waals surface area (Å²) in [5.41, 5.74) is 2.46. The summed E-state index contributed by atoms with van der Waals surface area (Å²) < 4.78 is 5.68. The zero-order valence-electron chi connectivity index (χ0n) is 10.1. The maximum Gasteiger partial charge on any atom is 0.0821 e. The Morgan fingerprint density at radius 3 is 2.94 bits per heavy atom. The van der Waals surface area contributed by atoms with Crippen LogP contribution in [0.3, 0.4) is 0 Å². The number of hydrogen-bond donors (Lipinski definition) is 1. The Bertz CT molecular complexity index is 382. The molecule has 1 aliphatic heterocycles. The van der Waals surface area contributed by atoms with Crippen LogP contribution < -0.4 is 0 Å². The number of aryl methyl sites for hydroxylation is 1. The minimum Gasteiger partial charge on any atom is -0.388 e. The molecule has 0 spiro atoms. The van der Waals surface area contributed by atoms with Crippen LogP contribution in [0.25, 0.3) is 0 Å². The van der Waals surface area contributed by atoms with Gasteiger partial charge in [-0.2, -0.15) is 0 Å². The van der Waals surface area contributed by atoms with Crippen LogP contribution in [0.5, 0.6) is 0 Å². The van der Waals surface area contributed by atoms with Crippen LogP contribution in [0.2, 0.25) is 0 Å². The molecule has 2 nitrogen and oxygen atoms in total. The molecule has 1 aromatic rings. The van der Waals surface area contributed by atoms with Crippen molar-refractivity contribution in [1.82, 2.24) is 0 Å². The Morgan fingerprint density at radius 2 is 2.12 bits per heavy atom. The molecule has 3 unspecified atom stereocenters. The molecule has 17 heavy (non-hydrogen) atoms. The summed E-state index contributed by atoms with van der Waals surface area (Å²) in [6.07, 6.45) is 5.68. The molecular formula is C15H20O2. The van der Waals surface area contributed by atoms with Crippen molar-refractivity contribution in [2.45, 2.75) is 44.3 Å². The number of rotatable bonds is 2.